The van der Waals surface area contributed by atoms with Crippen molar-refractivity contribution in [1.82, 2.24) is 0 Å². The monoisotopic (exact) mass is 260 g/mol. The molecule has 2 aliphatic rings. The molecule has 0 aromatic heterocycles. The first-order valence-corrected chi connectivity index (χ1v) is 5.85. The van der Waals surface area contributed by atoms with Gasteiger partial charge in [-0.1, -0.05) is 6.07 Å². The Kier molecular flexibility index (Phi) is 2.57. The summed E-state index contributed by atoms with van der Waals surface area (Å²) >= 11 is 0. The van der Waals surface area contributed by atoms with Crippen LogP contribution in [-0.2, 0) is 14.3 Å². The maximum atomic E-state index is 13.6. The van der Waals surface area contributed by atoms with Gasteiger partial charge in [-0.05, 0) is 25.0 Å². The van der Waals surface area contributed by atoms with Gasteiger partial charge in [0.1, 0.15) is 29.7 Å². The van der Waals surface area contributed by atoms with Crippen LogP contribution in [-0.4, -0.2) is 24.0 Å². The van der Waals surface area contributed by atoms with Crippen molar-refractivity contribution in [1.29, 1.82) is 5.26 Å². The van der Waals surface area contributed by atoms with E-state index in [0.29, 0.717) is 12.8 Å². The van der Waals surface area contributed by atoms with Crippen LogP contribution >= 0.6 is 0 Å². The largest absolute Gasteiger partial charge is 0.355 e. The molecule has 0 aliphatic carbocycles. The minimum Gasteiger partial charge on any atom is -0.355 e. The minimum atomic E-state index is -0.751. The quantitative estimate of drug-likeness (QED) is 0.709. The van der Waals surface area contributed by atoms with Crippen LogP contribution < -0.4 is 4.90 Å². The lowest BCUT2D eigenvalue weighted by Crippen LogP contribution is -2.52. The van der Waals surface area contributed by atoms with E-state index in [-0.39, 0.29) is 11.3 Å². The molecule has 2 bridgehead atoms. The standard InChI is InChI=1S/C13H9FN2O3/c14-8-2-1-3-9(7(8)6-15)16-12(17)10-4-5-11(19-10)13(16)18/h1-3,10-11H,4-5H2. The number of halogens is 1. The van der Waals surface area contributed by atoms with Crippen LogP contribution in [0.3, 0.4) is 0 Å². The molecule has 96 valence electrons. The third-order valence-electron chi connectivity index (χ3n) is 3.36. The Bertz CT molecular complexity index is 601. The SMILES string of the molecule is N#Cc1c(F)cccc1N1C(=O)C2CCC(O2)C1=O. The molecule has 0 radical (unpaired) electrons. The lowest BCUT2D eigenvalue weighted by Gasteiger charge is -2.30. The summed E-state index contributed by atoms with van der Waals surface area (Å²) in [5.74, 6) is -1.80. The van der Waals surface area contributed by atoms with E-state index in [2.05, 4.69) is 0 Å². The number of carbonyl (C=O) groups is 2. The van der Waals surface area contributed by atoms with Gasteiger partial charge in [-0.25, -0.2) is 9.29 Å². The summed E-state index contributed by atoms with van der Waals surface area (Å²) in [6.07, 6.45) is -0.388. The van der Waals surface area contributed by atoms with Crippen molar-refractivity contribution in [3.05, 3.63) is 29.6 Å². The summed E-state index contributed by atoms with van der Waals surface area (Å²) in [4.78, 5) is 25.1. The number of amides is 2. The van der Waals surface area contributed by atoms with Crippen LogP contribution in [0.1, 0.15) is 18.4 Å². The maximum Gasteiger partial charge on any atom is 0.263 e. The number of rotatable bonds is 1. The number of hydrogen-bond acceptors (Lipinski definition) is 4. The van der Waals surface area contributed by atoms with E-state index >= 15 is 0 Å². The summed E-state index contributed by atoms with van der Waals surface area (Å²) in [5, 5.41) is 8.98. The molecule has 2 unspecified atom stereocenters. The number of anilines is 1. The molecule has 3 rings (SSSR count). The molecule has 2 aliphatic heterocycles. The molecule has 2 heterocycles. The number of ether oxygens (including phenoxy) is 1. The average molecular weight is 260 g/mol. The van der Waals surface area contributed by atoms with Crippen LogP contribution in [0.4, 0.5) is 10.1 Å². The Morgan fingerprint density at radius 2 is 1.89 bits per heavy atom. The first-order chi connectivity index (χ1) is 9.13. The first-order valence-electron chi connectivity index (χ1n) is 5.85. The Balaban J connectivity index is 2.12. The highest BCUT2D eigenvalue weighted by atomic mass is 19.1. The Labute approximate surface area is 108 Å². The number of nitrogens with zero attached hydrogens (tertiary/aromatic N) is 2. The molecule has 5 nitrogen and oxygen atoms in total. The van der Waals surface area contributed by atoms with Crippen LogP contribution in [0, 0.1) is 17.1 Å². The van der Waals surface area contributed by atoms with Crippen molar-refractivity contribution >= 4 is 17.5 Å². The molecule has 6 heteroatoms. The van der Waals surface area contributed by atoms with E-state index in [1.807, 2.05) is 0 Å². The number of nitriles is 1. The van der Waals surface area contributed by atoms with E-state index in [0.717, 1.165) is 11.0 Å². The minimum absolute atomic E-state index is 0.00213. The zero-order valence-corrected chi connectivity index (χ0v) is 9.80. The fraction of sp³-hybridized carbons (Fsp3) is 0.308. The average Bonchev–Trinajstić information content (AvgIpc) is 2.84. The van der Waals surface area contributed by atoms with Gasteiger partial charge in [0.25, 0.3) is 11.8 Å². The zero-order chi connectivity index (χ0) is 13.6. The fourth-order valence-corrected chi connectivity index (χ4v) is 2.44. The highest BCUT2D eigenvalue weighted by Gasteiger charge is 2.47. The lowest BCUT2D eigenvalue weighted by atomic mass is 10.1. The van der Waals surface area contributed by atoms with Gasteiger partial charge >= 0.3 is 0 Å². The van der Waals surface area contributed by atoms with Crippen LogP contribution in [0.15, 0.2) is 18.2 Å². The smallest absolute Gasteiger partial charge is 0.263 e. The van der Waals surface area contributed by atoms with Crippen LogP contribution in [0.2, 0.25) is 0 Å². The summed E-state index contributed by atoms with van der Waals surface area (Å²) < 4.78 is 18.8. The summed E-state index contributed by atoms with van der Waals surface area (Å²) in [5.41, 5.74) is -0.303. The topological polar surface area (TPSA) is 70.4 Å². The van der Waals surface area contributed by atoms with Crippen molar-refractivity contribution in [2.45, 2.75) is 25.0 Å². The second-order valence-corrected chi connectivity index (χ2v) is 4.45. The number of morpholine rings is 1. The molecule has 1 aromatic carbocycles. The third kappa shape index (κ3) is 1.63. The molecule has 1 aromatic rings. The van der Waals surface area contributed by atoms with Gasteiger partial charge in [-0.3, -0.25) is 9.59 Å². The molecule has 2 atom stereocenters. The van der Waals surface area contributed by atoms with Gasteiger partial charge in [0.15, 0.2) is 0 Å². The Hall–Kier alpha value is -2.26. The van der Waals surface area contributed by atoms with Crippen molar-refractivity contribution in [3.8, 4) is 6.07 Å². The van der Waals surface area contributed by atoms with Gasteiger partial charge in [0.2, 0.25) is 0 Å². The van der Waals surface area contributed by atoms with Crippen molar-refractivity contribution in [2.24, 2.45) is 0 Å². The second kappa shape index (κ2) is 4.14. The van der Waals surface area contributed by atoms with E-state index in [9.17, 15) is 14.0 Å². The summed E-state index contributed by atoms with van der Waals surface area (Å²) in [7, 11) is 0. The number of hydrogen-bond donors (Lipinski definition) is 0. The molecule has 0 saturated carbocycles. The molecule has 2 fully saturated rings. The van der Waals surface area contributed by atoms with Crippen LogP contribution in [0.5, 0.6) is 0 Å². The summed E-state index contributed by atoms with van der Waals surface area (Å²) in [6.45, 7) is 0. The molecule has 0 N–H and O–H groups in total. The Morgan fingerprint density at radius 3 is 2.47 bits per heavy atom. The molecular weight excluding hydrogens is 251 g/mol. The highest BCUT2D eigenvalue weighted by molar-refractivity contribution is 6.20. The van der Waals surface area contributed by atoms with Crippen molar-refractivity contribution < 1.29 is 18.7 Å². The van der Waals surface area contributed by atoms with Gasteiger partial charge in [0.05, 0.1) is 5.69 Å². The third-order valence-corrected chi connectivity index (χ3v) is 3.36. The van der Waals surface area contributed by atoms with Crippen molar-refractivity contribution in [3.63, 3.8) is 0 Å². The molecular formula is C13H9FN2O3. The highest BCUT2D eigenvalue weighted by Crippen LogP contribution is 2.33. The predicted molar refractivity (Wildman–Crippen MR) is 61.5 cm³/mol. The zero-order valence-electron chi connectivity index (χ0n) is 9.80. The molecule has 19 heavy (non-hydrogen) atoms. The van der Waals surface area contributed by atoms with Gasteiger partial charge < -0.3 is 4.74 Å². The lowest BCUT2D eigenvalue weighted by molar-refractivity contribution is -0.146. The Morgan fingerprint density at radius 1 is 1.26 bits per heavy atom. The van der Waals surface area contributed by atoms with Gasteiger partial charge in [0, 0.05) is 0 Å². The normalized spacial score (nSPS) is 25.6. The predicted octanol–water partition coefficient (Wildman–Crippen LogP) is 1.12. The van der Waals surface area contributed by atoms with Gasteiger partial charge in [-0.15, -0.1) is 0 Å². The van der Waals surface area contributed by atoms with Gasteiger partial charge in [-0.2, -0.15) is 5.26 Å². The second-order valence-electron chi connectivity index (χ2n) is 4.45. The van der Waals surface area contributed by atoms with Crippen LogP contribution in [0.25, 0.3) is 0 Å². The van der Waals surface area contributed by atoms with E-state index < -0.39 is 29.8 Å². The van der Waals surface area contributed by atoms with E-state index in [1.165, 1.54) is 12.1 Å². The number of fused-ring (bicyclic) bond motifs is 2. The molecule has 2 saturated heterocycles. The maximum absolute atomic E-state index is 13.6. The number of benzene rings is 1. The fourth-order valence-electron chi connectivity index (χ4n) is 2.44. The number of carbonyl (C=O) groups excluding carboxylic acids is 2. The van der Waals surface area contributed by atoms with E-state index in [1.54, 1.807) is 6.07 Å². The number of imide groups is 1. The first kappa shape index (κ1) is 11.8. The van der Waals surface area contributed by atoms with E-state index in [4.69, 9.17) is 10.00 Å². The summed E-state index contributed by atoms with van der Waals surface area (Å²) in [6, 6.07) is 5.56. The molecule has 0 spiro atoms. The van der Waals surface area contributed by atoms with Crippen molar-refractivity contribution in [2.75, 3.05) is 4.90 Å². The molecule has 2 amide bonds.